The number of rotatable bonds is 0. The van der Waals surface area contributed by atoms with Crippen molar-refractivity contribution in [2.75, 3.05) is 0 Å². The summed E-state index contributed by atoms with van der Waals surface area (Å²) in [6, 6.07) is 0. The predicted molar refractivity (Wildman–Crippen MR) is 39.4 cm³/mol. The van der Waals surface area contributed by atoms with Crippen LogP contribution in [-0.2, 0) is 0 Å². The number of halogens is 1. The molecule has 0 spiro atoms. The molecule has 0 amide bonds. The highest BCUT2D eigenvalue weighted by Gasteiger charge is 2.07. The van der Waals surface area contributed by atoms with Crippen molar-refractivity contribution >= 4 is 34.5 Å². The van der Waals surface area contributed by atoms with Crippen molar-refractivity contribution in [3.05, 3.63) is 0 Å². The van der Waals surface area contributed by atoms with E-state index in [1.807, 2.05) is 13.1 Å². The van der Waals surface area contributed by atoms with Gasteiger partial charge in [-0.15, -0.1) is 0 Å². The molecule has 0 radical (unpaired) electrons. The number of hydrogen-bond donors (Lipinski definition) is 0. The lowest BCUT2D eigenvalue weighted by molar-refractivity contribution is 1.27. The van der Waals surface area contributed by atoms with Crippen LogP contribution < -0.4 is 0 Å². The Morgan fingerprint density at radius 1 is 1.86 bits per heavy atom. The van der Waals surface area contributed by atoms with Crippen molar-refractivity contribution in [2.24, 2.45) is 10.2 Å². The van der Waals surface area contributed by atoms with Gasteiger partial charge < -0.3 is 0 Å². The zero-order valence-electron chi connectivity index (χ0n) is 3.93. The number of alkyl halides is 1. The molecule has 0 fully saturated rings. The maximum Gasteiger partial charge on any atom is 0.0878 e. The van der Waals surface area contributed by atoms with E-state index in [0.29, 0.717) is 3.92 Å². The van der Waals surface area contributed by atoms with Crippen LogP contribution in [-0.4, -0.2) is 15.9 Å². The SMILES string of the molecule is CC1=NN=C[C@@H]1I. The molecule has 0 aromatic heterocycles. The van der Waals surface area contributed by atoms with E-state index in [1.54, 1.807) is 0 Å². The summed E-state index contributed by atoms with van der Waals surface area (Å²) in [7, 11) is 0. The van der Waals surface area contributed by atoms with E-state index in [9.17, 15) is 0 Å². The van der Waals surface area contributed by atoms with Gasteiger partial charge in [-0.1, -0.05) is 22.6 Å². The van der Waals surface area contributed by atoms with E-state index in [2.05, 4.69) is 32.8 Å². The maximum atomic E-state index is 3.80. The van der Waals surface area contributed by atoms with Gasteiger partial charge in [0, 0.05) is 6.21 Å². The van der Waals surface area contributed by atoms with Crippen LogP contribution in [0.2, 0.25) is 0 Å². The molecule has 0 N–H and O–H groups in total. The van der Waals surface area contributed by atoms with Crippen molar-refractivity contribution in [2.45, 2.75) is 10.8 Å². The molecule has 2 nitrogen and oxygen atoms in total. The van der Waals surface area contributed by atoms with Crippen LogP contribution in [0.4, 0.5) is 0 Å². The molecule has 38 valence electrons. The fraction of sp³-hybridized carbons (Fsp3) is 0.500. The Bertz CT molecular complexity index is 128. The first-order valence-corrected chi connectivity index (χ1v) is 3.27. The van der Waals surface area contributed by atoms with Crippen LogP contribution in [0.15, 0.2) is 10.2 Å². The molecule has 0 aromatic rings. The van der Waals surface area contributed by atoms with Gasteiger partial charge in [-0.3, -0.25) is 0 Å². The summed E-state index contributed by atoms with van der Waals surface area (Å²) < 4.78 is 0.442. The van der Waals surface area contributed by atoms with Crippen LogP contribution in [0.3, 0.4) is 0 Å². The average molecular weight is 208 g/mol. The van der Waals surface area contributed by atoms with Gasteiger partial charge in [-0.25, -0.2) is 0 Å². The highest BCUT2D eigenvalue weighted by atomic mass is 127. The van der Waals surface area contributed by atoms with Crippen LogP contribution in [0, 0.1) is 0 Å². The number of nitrogens with zero attached hydrogens (tertiary/aromatic N) is 2. The largest absolute Gasteiger partial charge is 0.162 e. The van der Waals surface area contributed by atoms with E-state index >= 15 is 0 Å². The molecule has 0 saturated carbocycles. The summed E-state index contributed by atoms with van der Waals surface area (Å²) in [5.41, 5.74) is 1.10. The Balaban J connectivity index is 2.69. The van der Waals surface area contributed by atoms with Gasteiger partial charge in [0.25, 0.3) is 0 Å². The van der Waals surface area contributed by atoms with Gasteiger partial charge in [0.2, 0.25) is 0 Å². The van der Waals surface area contributed by atoms with Crippen molar-refractivity contribution < 1.29 is 0 Å². The van der Waals surface area contributed by atoms with Crippen LogP contribution >= 0.6 is 22.6 Å². The molecular formula is C4H5IN2. The van der Waals surface area contributed by atoms with Gasteiger partial charge >= 0.3 is 0 Å². The standard InChI is InChI=1S/C4H5IN2/c1-3-4(5)2-6-7-3/h2,4H,1H3/t4-/m0/s1. The predicted octanol–water partition coefficient (Wildman–Crippen LogP) is 1.25. The second kappa shape index (κ2) is 1.90. The lowest BCUT2D eigenvalue weighted by atomic mass is 10.3. The second-order valence-electron chi connectivity index (χ2n) is 1.41. The first-order chi connectivity index (χ1) is 3.30. The second-order valence-corrected chi connectivity index (χ2v) is 2.75. The van der Waals surface area contributed by atoms with Gasteiger partial charge in [0.15, 0.2) is 0 Å². The smallest absolute Gasteiger partial charge is 0.0878 e. The fourth-order valence-corrected chi connectivity index (χ4v) is 0.614. The third kappa shape index (κ3) is 0.992. The van der Waals surface area contributed by atoms with E-state index in [4.69, 9.17) is 0 Å². The summed E-state index contributed by atoms with van der Waals surface area (Å²) >= 11 is 2.28. The lowest BCUT2D eigenvalue weighted by Gasteiger charge is -1.88. The average Bonchev–Trinajstić information content (AvgIpc) is 1.91. The van der Waals surface area contributed by atoms with Gasteiger partial charge in [-0.05, 0) is 6.92 Å². The Morgan fingerprint density at radius 3 is 2.71 bits per heavy atom. The molecule has 1 rings (SSSR count). The zero-order valence-corrected chi connectivity index (χ0v) is 6.08. The highest BCUT2D eigenvalue weighted by molar-refractivity contribution is 14.1. The van der Waals surface area contributed by atoms with E-state index in [0.717, 1.165) is 5.71 Å². The van der Waals surface area contributed by atoms with E-state index in [1.165, 1.54) is 0 Å². The van der Waals surface area contributed by atoms with Gasteiger partial charge in [0.05, 0.1) is 9.64 Å². The molecule has 1 heterocycles. The normalized spacial score (nSPS) is 28.3. The van der Waals surface area contributed by atoms with Gasteiger partial charge in [-0.2, -0.15) is 10.2 Å². The Hall–Kier alpha value is 0.0700. The Labute approximate surface area is 55.9 Å². The molecule has 7 heavy (non-hydrogen) atoms. The van der Waals surface area contributed by atoms with Crippen LogP contribution in [0.1, 0.15) is 6.92 Å². The Morgan fingerprint density at radius 2 is 2.57 bits per heavy atom. The Kier molecular flexibility index (Phi) is 1.41. The molecule has 1 aliphatic heterocycles. The minimum Gasteiger partial charge on any atom is -0.162 e. The summed E-state index contributed by atoms with van der Waals surface area (Å²) in [5.74, 6) is 0. The topological polar surface area (TPSA) is 24.7 Å². The quantitative estimate of drug-likeness (QED) is 0.422. The first kappa shape index (κ1) is 5.21. The van der Waals surface area contributed by atoms with E-state index < -0.39 is 0 Å². The molecule has 3 heteroatoms. The molecule has 0 bridgehead atoms. The van der Waals surface area contributed by atoms with Crippen LogP contribution in [0.25, 0.3) is 0 Å². The fourth-order valence-electron chi connectivity index (χ4n) is 0.346. The van der Waals surface area contributed by atoms with Crippen molar-refractivity contribution in [3.63, 3.8) is 0 Å². The molecule has 1 aliphatic rings. The third-order valence-corrected chi connectivity index (χ3v) is 2.04. The molecule has 0 unspecified atom stereocenters. The molecule has 0 aromatic carbocycles. The maximum absolute atomic E-state index is 3.80. The van der Waals surface area contributed by atoms with Crippen molar-refractivity contribution in [1.29, 1.82) is 0 Å². The number of hydrogen-bond acceptors (Lipinski definition) is 2. The van der Waals surface area contributed by atoms with Gasteiger partial charge in [0.1, 0.15) is 0 Å². The first-order valence-electron chi connectivity index (χ1n) is 2.02. The monoisotopic (exact) mass is 208 g/mol. The third-order valence-electron chi connectivity index (χ3n) is 0.812. The van der Waals surface area contributed by atoms with Crippen LogP contribution in [0.5, 0.6) is 0 Å². The molecule has 0 saturated heterocycles. The summed E-state index contributed by atoms with van der Waals surface area (Å²) in [6.45, 7) is 1.98. The minimum atomic E-state index is 0.442. The molecule has 1 atom stereocenters. The minimum absolute atomic E-state index is 0.442. The summed E-state index contributed by atoms with van der Waals surface area (Å²) in [6.07, 6.45) is 1.83. The van der Waals surface area contributed by atoms with E-state index in [-0.39, 0.29) is 0 Å². The lowest BCUT2D eigenvalue weighted by Crippen LogP contribution is -2.04. The van der Waals surface area contributed by atoms with Crippen molar-refractivity contribution in [1.82, 2.24) is 0 Å². The molecular weight excluding hydrogens is 203 g/mol. The van der Waals surface area contributed by atoms with Crippen molar-refractivity contribution in [3.8, 4) is 0 Å². The summed E-state index contributed by atoms with van der Waals surface area (Å²) in [5, 5.41) is 7.50. The molecule has 0 aliphatic carbocycles. The highest BCUT2D eigenvalue weighted by Crippen LogP contribution is 2.05. The summed E-state index contributed by atoms with van der Waals surface area (Å²) in [4.78, 5) is 0. The zero-order chi connectivity index (χ0) is 5.28.